The van der Waals surface area contributed by atoms with Crippen molar-refractivity contribution >= 4 is 24.0 Å². The standard InChI is InChI=1S/C32H28N6OS/c1-22-28(26-15-16-27(25(21-26)17-20-40)34-36-37-18-9-4-10-19-37)32(39)38-31(33-22)29(23-11-5-2-6-12-23)30(35-38)24-13-7-3-8-14-24/h2-3,5-8,11-16,21,35,40H,4,9-10,18-19H2,1H3. The molecule has 0 saturated carbocycles. The van der Waals surface area contributed by atoms with Gasteiger partial charge in [0.25, 0.3) is 5.56 Å². The first kappa shape index (κ1) is 25.7. The molecule has 1 aliphatic rings. The second-order valence-electron chi connectivity index (χ2n) is 9.80. The Bertz CT molecular complexity index is 1820. The fraction of sp³-hybridized carbons (Fsp3) is 0.188. The SMILES string of the molecule is Cc1nc2c(-c3ccccc3)c(-c3ccccc3)[nH]n2c(=O)c1-c1ccc(N=NN2CCCCC2)c(C#CS)c1. The van der Waals surface area contributed by atoms with Crippen LogP contribution in [0, 0.1) is 18.1 Å². The highest BCUT2D eigenvalue weighted by Crippen LogP contribution is 2.35. The van der Waals surface area contributed by atoms with E-state index in [9.17, 15) is 4.79 Å². The van der Waals surface area contributed by atoms with Crippen molar-refractivity contribution in [3.05, 3.63) is 100 Å². The number of aryl methyl sites for hydroxylation is 1. The maximum atomic E-state index is 14.1. The summed E-state index contributed by atoms with van der Waals surface area (Å²) in [7, 11) is 0. The van der Waals surface area contributed by atoms with E-state index in [0.717, 1.165) is 48.3 Å². The number of thiol groups is 1. The van der Waals surface area contributed by atoms with Crippen LogP contribution in [-0.4, -0.2) is 32.7 Å². The van der Waals surface area contributed by atoms with Gasteiger partial charge < -0.3 is 0 Å². The molecule has 1 saturated heterocycles. The largest absolute Gasteiger partial charge is 0.288 e. The summed E-state index contributed by atoms with van der Waals surface area (Å²) in [4.78, 5) is 19.0. The molecule has 40 heavy (non-hydrogen) atoms. The molecule has 0 aliphatic carbocycles. The number of H-pyrrole nitrogens is 1. The molecular formula is C32H28N6OS. The predicted molar refractivity (Wildman–Crippen MR) is 163 cm³/mol. The Morgan fingerprint density at radius 1 is 0.875 bits per heavy atom. The summed E-state index contributed by atoms with van der Waals surface area (Å²) in [5.41, 5.74) is 7.20. The Balaban J connectivity index is 1.50. The van der Waals surface area contributed by atoms with Crippen LogP contribution >= 0.6 is 12.6 Å². The number of piperidine rings is 1. The molecule has 8 heteroatoms. The van der Waals surface area contributed by atoms with E-state index < -0.39 is 0 Å². The van der Waals surface area contributed by atoms with Crippen LogP contribution in [0.2, 0.25) is 0 Å². The smallest absolute Gasteiger partial charge is 0.280 e. The Kier molecular flexibility index (Phi) is 7.21. The number of fused-ring (bicyclic) bond motifs is 1. The highest BCUT2D eigenvalue weighted by atomic mass is 32.1. The van der Waals surface area contributed by atoms with Crippen molar-refractivity contribution in [3.63, 3.8) is 0 Å². The molecule has 7 nitrogen and oxygen atoms in total. The molecule has 1 aliphatic heterocycles. The molecule has 2 aromatic heterocycles. The van der Waals surface area contributed by atoms with Crippen molar-refractivity contribution in [1.29, 1.82) is 0 Å². The molecule has 3 aromatic carbocycles. The van der Waals surface area contributed by atoms with Crippen LogP contribution in [0.4, 0.5) is 5.69 Å². The molecule has 6 rings (SSSR count). The molecule has 1 fully saturated rings. The number of aromatic nitrogens is 3. The minimum atomic E-state index is -0.186. The summed E-state index contributed by atoms with van der Waals surface area (Å²) in [5, 5.41) is 16.9. The number of rotatable bonds is 5. The van der Waals surface area contributed by atoms with Crippen molar-refractivity contribution in [2.24, 2.45) is 10.3 Å². The Hall–Kier alpha value is -4.61. The maximum absolute atomic E-state index is 14.1. The van der Waals surface area contributed by atoms with E-state index in [0.29, 0.717) is 33.7 Å². The van der Waals surface area contributed by atoms with E-state index in [1.807, 2.05) is 90.8 Å². The molecule has 0 amide bonds. The van der Waals surface area contributed by atoms with Crippen molar-refractivity contribution in [2.75, 3.05) is 13.1 Å². The molecule has 1 N–H and O–H groups in total. The van der Waals surface area contributed by atoms with Crippen molar-refractivity contribution in [1.82, 2.24) is 19.6 Å². The first-order valence-corrected chi connectivity index (χ1v) is 13.8. The maximum Gasteiger partial charge on any atom is 0.280 e. The molecule has 0 unspecified atom stereocenters. The van der Waals surface area contributed by atoms with Gasteiger partial charge in [0.1, 0.15) is 5.69 Å². The second kappa shape index (κ2) is 11.2. The van der Waals surface area contributed by atoms with E-state index in [1.54, 1.807) is 4.52 Å². The van der Waals surface area contributed by atoms with Gasteiger partial charge in [0.2, 0.25) is 0 Å². The normalized spacial score (nSPS) is 13.5. The number of hydrogen-bond donors (Lipinski definition) is 2. The lowest BCUT2D eigenvalue weighted by Gasteiger charge is -2.21. The topological polar surface area (TPSA) is 78.1 Å². The quantitative estimate of drug-likeness (QED) is 0.141. The van der Waals surface area contributed by atoms with Gasteiger partial charge in [-0.05, 0) is 54.7 Å². The van der Waals surface area contributed by atoms with Gasteiger partial charge in [-0.1, -0.05) is 90.5 Å². The Labute approximate surface area is 238 Å². The predicted octanol–water partition coefficient (Wildman–Crippen LogP) is 7.06. The van der Waals surface area contributed by atoms with E-state index >= 15 is 0 Å². The summed E-state index contributed by atoms with van der Waals surface area (Å²) >= 11 is 4.12. The zero-order valence-corrected chi connectivity index (χ0v) is 23.0. The van der Waals surface area contributed by atoms with Gasteiger partial charge in [0, 0.05) is 18.7 Å². The molecule has 5 aromatic rings. The van der Waals surface area contributed by atoms with Crippen LogP contribution in [0.3, 0.4) is 0 Å². The number of nitrogens with zero attached hydrogens (tertiary/aromatic N) is 5. The lowest BCUT2D eigenvalue weighted by molar-refractivity contribution is 0.224. The van der Waals surface area contributed by atoms with Crippen molar-refractivity contribution in [3.8, 4) is 44.7 Å². The zero-order valence-electron chi connectivity index (χ0n) is 22.1. The summed E-state index contributed by atoms with van der Waals surface area (Å²) in [6.07, 6.45) is 3.47. The molecular weight excluding hydrogens is 516 g/mol. The summed E-state index contributed by atoms with van der Waals surface area (Å²) < 4.78 is 1.54. The van der Waals surface area contributed by atoms with Crippen LogP contribution < -0.4 is 5.56 Å². The number of benzene rings is 3. The number of aromatic amines is 1. The minimum Gasteiger partial charge on any atom is -0.288 e. The number of nitrogens with one attached hydrogen (secondary N) is 1. The van der Waals surface area contributed by atoms with Crippen LogP contribution in [0.25, 0.3) is 39.2 Å². The average Bonchev–Trinajstić information content (AvgIpc) is 3.38. The van der Waals surface area contributed by atoms with Gasteiger partial charge in [-0.25, -0.2) is 4.98 Å². The van der Waals surface area contributed by atoms with E-state index in [4.69, 9.17) is 4.98 Å². The lowest BCUT2D eigenvalue weighted by Crippen LogP contribution is -2.23. The lowest BCUT2D eigenvalue weighted by atomic mass is 10.0. The van der Waals surface area contributed by atoms with Crippen LogP contribution in [0.15, 0.2) is 94.0 Å². The fourth-order valence-corrected chi connectivity index (χ4v) is 5.34. The van der Waals surface area contributed by atoms with E-state index in [1.165, 1.54) is 6.42 Å². The van der Waals surface area contributed by atoms with Crippen LogP contribution in [0.1, 0.15) is 30.5 Å². The highest BCUT2D eigenvalue weighted by Gasteiger charge is 2.21. The zero-order chi connectivity index (χ0) is 27.5. The average molecular weight is 545 g/mol. The third-order valence-electron chi connectivity index (χ3n) is 7.17. The first-order valence-electron chi connectivity index (χ1n) is 13.4. The Morgan fingerprint density at radius 2 is 1.57 bits per heavy atom. The van der Waals surface area contributed by atoms with E-state index in [2.05, 4.69) is 39.2 Å². The molecule has 0 atom stereocenters. The molecule has 3 heterocycles. The molecule has 0 spiro atoms. The molecule has 0 radical (unpaired) electrons. The van der Waals surface area contributed by atoms with Crippen molar-refractivity contribution < 1.29 is 0 Å². The van der Waals surface area contributed by atoms with Gasteiger partial charge in [-0.3, -0.25) is 14.9 Å². The van der Waals surface area contributed by atoms with Gasteiger partial charge >= 0.3 is 0 Å². The van der Waals surface area contributed by atoms with Gasteiger partial charge in [-0.2, -0.15) is 4.52 Å². The van der Waals surface area contributed by atoms with Crippen LogP contribution in [-0.2, 0) is 0 Å². The second-order valence-corrected chi connectivity index (χ2v) is 10.0. The highest BCUT2D eigenvalue weighted by molar-refractivity contribution is 7.85. The summed E-state index contributed by atoms with van der Waals surface area (Å²) in [6, 6.07) is 25.6. The van der Waals surface area contributed by atoms with Crippen LogP contribution in [0.5, 0.6) is 0 Å². The monoisotopic (exact) mass is 544 g/mol. The fourth-order valence-electron chi connectivity index (χ4n) is 5.22. The molecule has 198 valence electrons. The first-order chi connectivity index (χ1) is 19.6. The van der Waals surface area contributed by atoms with Gasteiger partial charge in [-0.15, -0.1) is 5.11 Å². The Morgan fingerprint density at radius 3 is 2.27 bits per heavy atom. The third-order valence-corrected chi connectivity index (χ3v) is 7.29. The number of hydrogen-bond acceptors (Lipinski definition) is 5. The minimum absolute atomic E-state index is 0.186. The van der Waals surface area contributed by atoms with E-state index in [-0.39, 0.29) is 5.56 Å². The molecule has 0 bridgehead atoms. The van der Waals surface area contributed by atoms with Gasteiger partial charge in [0.05, 0.1) is 28.1 Å². The summed E-state index contributed by atoms with van der Waals surface area (Å²) in [6.45, 7) is 3.68. The van der Waals surface area contributed by atoms with Gasteiger partial charge in [0.15, 0.2) is 5.65 Å². The van der Waals surface area contributed by atoms with Crippen molar-refractivity contribution in [2.45, 2.75) is 26.2 Å². The summed E-state index contributed by atoms with van der Waals surface area (Å²) in [5.74, 6) is 3.01. The third kappa shape index (κ3) is 4.92.